The molecule has 0 radical (unpaired) electrons. The van der Waals surface area contributed by atoms with Crippen LogP contribution >= 0.6 is 0 Å². The minimum absolute atomic E-state index is 0.335. The quantitative estimate of drug-likeness (QED) is 0.685. The summed E-state index contributed by atoms with van der Waals surface area (Å²) in [5, 5.41) is 12.1. The van der Waals surface area contributed by atoms with Crippen LogP contribution in [0.4, 0.5) is 0 Å². The van der Waals surface area contributed by atoms with Crippen LogP contribution in [0.5, 0.6) is 0 Å². The molecule has 0 aromatic carbocycles. The van der Waals surface area contributed by atoms with Crippen LogP contribution in [0.15, 0.2) is 10.6 Å². The Morgan fingerprint density at radius 3 is 3.00 bits per heavy atom. The Kier molecular flexibility index (Phi) is 2.87. The van der Waals surface area contributed by atoms with Crippen molar-refractivity contribution in [2.24, 2.45) is 5.92 Å². The van der Waals surface area contributed by atoms with E-state index >= 15 is 0 Å². The van der Waals surface area contributed by atoms with Gasteiger partial charge in [0.2, 0.25) is 0 Å². The minimum Gasteiger partial charge on any atom is -0.361 e. The van der Waals surface area contributed by atoms with Crippen molar-refractivity contribution < 1.29 is 4.52 Å². The molecule has 0 spiro atoms. The first-order chi connectivity index (χ1) is 5.72. The third-order valence-corrected chi connectivity index (χ3v) is 1.48. The summed E-state index contributed by atoms with van der Waals surface area (Å²) in [7, 11) is 0. The summed E-state index contributed by atoms with van der Waals surface area (Å²) >= 11 is 0. The Morgan fingerprint density at radius 1 is 1.67 bits per heavy atom. The van der Waals surface area contributed by atoms with Gasteiger partial charge < -0.3 is 4.52 Å². The van der Waals surface area contributed by atoms with Crippen molar-refractivity contribution in [2.75, 3.05) is 0 Å². The molecule has 12 heavy (non-hydrogen) atoms. The summed E-state index contributed by atoms with van der Waals surface area (Å²) in [5.41, 5.74) is 0.730. The van der Waals surface area contributed by atoms with Gasteiger partial charge >= 0.3 is 0 Å². The maximum Gasteiger partial charge on any atom is 0.137 e. The summed E-state index contributed by atoms with van der Waals surface area (Å²) in [4.78, 5) is 0. The van der Waals surface area contributed by atoms with Gasteiger partial charge in [-0.05, 0) is 5.92 Å². The summed E-state index contributed by atoms with van der Waals surface area (Å²) in [6.45, 7) is 4.24. The number of hydrogen-bond acceptors (Lipinski definition) is 3. The predicted octanol–water partition coefficient (Wildman–Crippen LogP) is 1.94. The van der Waals surface area contributed by atoms with Gasteiger partial charge in [-0.25, -0.2) is 0 Å². The van der Waals surface area contributed by atoms with Crippen molar-refractivity contribution in [3.8, 4) is 6.07 Å². The third-order valence-electron chi connectivity index (χ3n) is 1.48. The SMILES string of the molecule is CC(C)Cc1cc(CC#N)no1. The summed E-state index contributed by atoms with van der Waals surface area (Å²) in [6.07, 6.45) is 1.22. The first kappa shape index (κ1) is 8.79. The molecule has 0 saturated carbocycles. The second kappa shape index (κ2) is 3.91. The number of nitrogens with zero attached hydrogens (tertiary/aromatic N) is 2. The van der Waals surface area contributed by atoms with E-state index in [0.717, 1.165) is 17.9 Å². The second-order valence-electron chi connectivity index (χ2n) is 3.22. The van der Waals surface area contributed by atoms with E-state index in [9.17, 15) is 0 Å². The van der Waals surface area contributed by atoms with Crippen molar-refractivity contribution in [3.05, 3.63) is 17.5 Å². The normalized spacial score (nSPS) is 10.2. The predicted molar refractivity (Wildman–Crippen MR) is 44.4 cm³/mol. The van der Waals surface area contributed by atoms with E-state index in [1.807, 2.05) is 12.1 Å². The van der Waals surface area contributed by atoms with Crippen LogP contribution in [0.3, 0.4) is 0 Å². The molecular weight excluding hydrogens is 152 g/mol. The van der Waals surface area contributed by atoms with Gasteiger partial charge in [0.05, 0.1) is 18.2 Å². The van der Waals surface area contributed by atoms with Crippen LogP contribution in [0, 0.1) is 17.2 Å². The van der Waals surface area contributed by atoms with Gasteiger partial charge in [-0.15, -0.1) is 0 Å². The van der Waals surface area contributed by atoms with Gasteiger partial charge in [0.25, 0.3) is 0 Å². The van der Waals surface area contributed by atoms with E-state index < -0.39 is 0 Å². The Labute approximate surface area is 72.0 Å². The molecule has 1 heterocycles. The molecule has 3 nitrogen and oxygen atoms in total. The van der Waals surface area contributed by atoms with Crippen LogP contribution in [0.1, 0.15) is 25.3 Å². The molecule has 3 heteroatoms. The molecule has 1 rings (SSSR count). The standard InChI is InChI=1S/C9H12N2O/c1-7(2)5-9-6-8(3-4-10)11-12-9/h6-7H,3,5H2,1-2H3. The Balaban J connectivity index is 2.59. The number of rotatable bonds is 3. The lowest BCUT2D eigenvalue weighted by molar-refractivity contribution is 0.365. The summed E-state index contributed by atoms with van der Waals surface area (Å²) < 4.78 is 5.03. The topological polar surface area (TPSA) is 49.8 Å². The molecule has 0 saturated heterocycles. The molecule has 0 fully saturated rings. The van der Waals surface area contributed by atoms with Crippen LogP contribution in [0.2, 0.25) is 0 Å². The van der Waals surface area contributed by atoms with Crippen molar-refractivity contribution >= 4 is 0 Å². The maximum atomic E-state index is 8.38. The van der Waals surface area contributed by atoms with E-state index in [1.165, 1.54) is 0 Å². The molecule has 0 bridgehead atoms. The molecule has 1 aromatic rings. The monoisotopic (exact) mass is 164 g/mol. The lowest BCUT2D eigenvalue weighted by Crippen LogP contribution is -1.91. The zero-order valence-corrected chi connectivity index (χ0v) is 7.37. The highest BCUT2D eigenvalue weighted by Crippen LogP contribution is 2.09. The van der Waals surface area contributed by atoms with E-state index in [4.69, 9.17) is 9.78 Å². The van der Waals surface area contributed by atoms with Gasteiger partial charge in [-0.3, -0.25) is 0 Å². The van der Waals surface area contributed by atoms with Crippen LogP contribution in [0.25, 0.3) is 0 Å². The van der Waals surface area contributed by atoms with Crippen LogP contribution in [-0.2, 0) is 12.8 Å². The van der Waals surface area contributed by atoms with Gasteiger partial charge in [-0.2, -0.15) is 5.26 Å². The molecule has 0 aliphatic carbocycles. The molecule has 0 atom stereocenters. The molecule has 0 unspecified atom stereocenters. The highest BCUT2D eigenvalue weighted by molar-refractivity contribution is 5.09. The fourth-order valence-electron chi connectivity index (χ4n) is 1.02. The van der Waals surface area contributed by atoms with Gasteiger partial charge in [0.15, 0.2) is 0 Å². The summed E-state index contributed by atoms with van der Waals surface area (Å²) in [5.74, 6) is 1.43. The molecule has 0 N–H and O–H groups in total. The zero-order chi connectivity index (χ0) is 8.97. The molecule has 1 aromatic heterocycles. The summed E-state index contributed by atoms with van der Waals surface area (Å²) in [6, 6.07) is 3.88. The molecule has 64 valence electrons. The molecular formula is C9H12N2O. The van der Waals surface area contributed by atoms with Gasteiger partial charge in [0, 0.05) is 12.5 Å². The van der Waals surface area contributed by atoms with Crippen molar-refractivity contribution in [1.29, 1.82) is 5.26 Å². The highest BCUT2D eigenvalue weighted by atomic mass is 16.5. The first-order valence-electron chi connectivity index (χ1n) is 4.03. The lowest BCUT2D eigenvalue weighted by Gasteiger charge is -1.96. The number of aromatic nitrogens is 1. The average Bonchev–Trinajstić information content (AvgIpc) is 2.36. The Hall–Kier alpha value is -1.30. The van der Waals surface area contributed by atoms with Gasteiger partial charge in [0.1, 0.15) is 5.76 Å². The van der Waals surface area contributed by atoms with Crippen LogP contribution in [-0.4, -0.2) is 5.16 Å². The second-order valence-corrected chi connectivity index (χ2v) is 3.22. The Morgan fingerprint density at radius 2 is 2.42 bits per heavy atom. The zero-order valence-electron chi connectivity index (χ0n) is 7.37. The molecule has 0 aliphatic heterocycles. The fourth-order valence-corrected chi connectivity index (χ4v) is 1.02. The minimum atomic E-state index is 0.335. The fraction of sp³-hybridized carbons (Fsp3) is 0.556. The number of hydrogen-bond donors (Lipinski definition) is 0. The van der Waals surface area contributed by atoms with Gasteiger partial charge in [-0.1, -0.05) is 19.0 Å². The van der Waals surface area contributed by atoms with E-state index in [0.29, 0.717) is 12.3 Å². The van der Waals surface area contributed by atoms with Crippen LogP contribution < -0.4 is 0 Å². The smallest absolute Gasteiger partial charge is 0.137 e. The highest BCUT2D eigenvalue weighted by Gasteiger charge is 2.05. The first-order valence-corrected chi connectivity index (χ1v) is 4.03. The third kappa shape index (κ3) is 2.39. The van der Waals surface area contributed by atoms with E-state index in [1.54, 1.807) is 0 Å². The van der Waals surface area contributed by atoms with Crippen molar-refractivity contribution in [3.63, 3.8) is 0 Å². The van der Waals surface area contributed by atoms with Crippen molar-refractivity contribution in [1.82, 2.24) is 5.16 Å². The largest absolute Gasteiger partial charge is 0.361 e. The average molecular weight is 164 g/mol. The molecule has 0 amide bonds. The maximum absolute atomic E-state index is 8.38. The van der Waals surface area contributed by atoms with Crippen molar-refractivity contribution in [2.45, 2.75) is 26.7 Å². The van der Waals surface area contributed by atoms with E-state index in [-0.39, 0.29) is 0 Å². The lowest BCUT2D eigenvalue weighted by atomic mass is 10.1. The van der Waals surface area contributed by atoms with E-state index in [2.05, 4.69) is 19.0 Å². The molecule has 0 aliphatic rings. The number of nitriles is 1. The Bertz CT molecular complexity index is 283.